The van der Waals surface area contributed by atoms with E-state index >= 15 is 0 Å². The van der Waals surface area contributed by atoms with Crippen LogP contribution in [0, 0.1) is 6.92 Å². The van der Waals surface area contributed by atoms with Gasteiger partial charge in [-0.15, -0.1) is 21.5 Å². The van der Waals surface area contributed by atoms with Crippen molar-refractivity contribution < 1.29 is 0 Å². The van der Waals surface area contributed by atoms with E-state index in [0.717, 1.165) is 21.0 Å². The molecule has 7 nitrogen and oxygen atoms in total. The molecule has 0 aliphatic rings. The summed E-state index contributed by atoms with van der Waals surface area (Å²) in [5.74, 6) is 0.695. The lowest BCUT2D eigenvalue weighted by molar-refractivity contribution is 1.09. The Morgan fingerprint density at radius 2 is 2.21 bits per heavy atom. The topological polar surface area (TPSA) is 97.8 Å². The molecule has 94 valence electrons. The second-order valence-corrected chi connectivity index (χ2v) is 5.49. The maximum atomic E-state index is 6.01. The Hall–Kier alpha value is -2.48. The Kier molecular flexibility index (Phi) is 1.93. The molecule has 8 heteroatoms. The average Bonchev–Trinajstić information content (AvgIpc) is 3.05. The van der Waals surface area contributed by atoms with Crippen molar-refractivity contribution in [2.75, 3.05) is 5.73 Å². The van der Waals surface area contributed by atoms with Crippen LogP contribution in [0.15, 0.2) is 18.7 Å². The number of nitrogens with one attached hydrogen (secondary N) is 1. The van der Waals surface area contributed by atoms with E-state index in [2.05, 4.69) is 25.1 Å². The first-order valence-corrected chi connectivity index (χ1v) is 6.45. The molecule has 0 aliphatic carbocycles. The van der Waals surface area contributed by atoms with E-state index in [0.29, 0.717) is 17.1 Å². The van der Waals surface area contributed by atoms with Crippen molar-refractivity contribution in [1.29, 1.82) is 0 Å². The van der Waals surface area contributed by atoms with Crippen molar-refractivity contribution in [3.05, 3.63) is 23.6 Å². The molecule has 0 atom stereocenters. The smallest absolute Gasteiger partial charge is 0.190 e. The van der Waals surface area contributed by atoms with Crippen LogP contribution in [0.2, 0.25) is 0 Å². The number of thiophene rings is 1. The predicted octanol–water partition coefficient (Wildman–Crippen LogP) is 1.62. The lowest BCUT2D eigenvalue weighted by Gasteiger charge is -1.98. The number of imidazole rings is 1. The molecular weight excluding hydrogens is 262 g/mol. The van der Waals surface area contributed by atoms with Crippen molar-refractivity contribution in [1.82, 2.24) is 29.5 Å². The Bertz CT molecular complexity index is 900. The number of hydrogen-bond acceptors (Lipinski definition) is 6. The summed E-state index contributed by atoms with van der Waals surface area (Å²) in [6, 6.07) is 2.01. The second-order valence-electron chi connectivity index (χ2n) is 4.20. The van der Waals surface area contributed by atoms with Crippen LogP contribution in [-0.2, 0) is 0 Å². The van der Waals surface area contributed by atoms with Gasteiger partial charge in [-0.2, -0.15) is 0 Å². The Morgan fingerprint density at radius 3 is 3.00 bits per heavy atom. The van der Waals surface area contributed by atoms with E-state index in [4.69, 9.17) is 5.73 Å². The number of aromatic amines is 1. The van der Waals surface area contributed by atoms with E-state index in [1.54, 1.807) is 12.7 Å². The van der Waals surface area contributed by atoms with Gasteiger partial charge in [0.2, 0.25) is 0 Å². The first-order chi connectivity index (χ1) is 9.24. The van der Waals surface area contributed by atoms with Gasteiger partial charge < -0.3 is 10.7 Å². The highest BCUT2D eigenvalue weighted by Crippen LogP contribution is 2.32. The van der Waals surface area contributed by atoms with E-state index in [1.165, 1.54) is 11.3 Å². The third-order valence-electron chi connectivity index (χ3n) is 2.96. The Balaban J connectivity index is 2.08. The standard InChI is InChI=1S/C11H9N7S/c1-5-2-6(8(12)19-5)10-16-17-11-7-9(14-3-13-7)15-4-18(10)11/h2-4H,12H2,1H3,(H,13,14). The fraction of sp³-hybridized carbons (Fsp3) is 0.0909. The van der Waals surface area contributed by atoms with Gasteiger partial charge in [-0.1, -0.05) is 0 Å². The first-order valence-electron chi connectivity index (χ1n) is 5.63. The number of rotatable bonds is 1. The van der Waals surface area contributed by atoms with Crippen LogP contribution >= 0.6 is 11.3 Å². The predicted molar refractivity (Wildman–Crippen MR) is 72.9 cm³/mol. The normalized spacial score (nSPS) is 11.6. The van der Waals surface area contributed by atoms with E-state index < -0.39 is 0 Å². The second kappa shape index (κ2) is 3.51. The molecule has 0 saturated heterocycles. The summed E-state index contributed by atoms with van der Waals surface area (Å²) < 4.78 is 1.82. The zero-order chi connectivity index (χ0) is 13.0. The highest BCUT2D eigenvalue weighted by atomic mass is 32.1. The molecule has 3 N–H and O–H groups in total. The zero-order valence-electron chi connectivity index (χ0n) is 9.95. The maximum absolute atomic E-state index is 6.01. The summed E-state index contributed by atoms with van der Waals surface area (Å²) in [5, 5.41) is 9.15. The van der Waals surface area contributed by atoms with E-state index in [9.17, 15) is 0 Å². The largest absolute Gasteiger partial charge is 0.390 e. The summed E-state index contributed by atoms with van der Waals surface area (Å²) in [5.41, 5.74) is 8.99. The fourth-order valence-electron chi connectivity index (χ4n) is 2.12. The number of anilines is 1. The van der Waals surface area contributed by atoms with Crippen molar-refractivity contribution in [3.63, 3.8) is 0 Å². The third-order valence-corrected chi connectivity index (χ3v) is 3.84. The van der Waals surface area contributed by atoms with Crippen LogP contribution in [0.1, 0.15) is 4.88 Å². The minimum absolute atomic E-state index is 0.626. The number of fused-ring (bicyclic) bond motifs is 3. The van der Waals surface area contributed by atoms with Gasteiger partial charge in [0.15, 0.2) is 17.1 Å². The summed E-state index contributed by atoms with van der Waals surface area (Å²) in [7, 11) is 0. The van der Waals surface area contributed by atoms with Crippen LogP contribution in [0.4, 0.5) is 5.00 Å². The molecular formula is C11H9N7S. The van der Waals surface area contributed by atoms with Crippen molar-refractivity contribution in [2.45, 2.75) is 6.92 Å². The Labute approximate surface area is 111 Å². The quantitative estimate of drug-likeness (QED) is 0.548. The van der Waals surface area contributed by atoms with Gasteiger partial charge in [0.25, 0.3) is 0 Å². The lowest BCUT2D eigenvalue weighted by Crippen LogP contribution is -1.93. The SMILES string of the molecule is Cc1cc(-c2nnc3c4[nH]cnc4ncn23)c(N)s1. The number of nitrogen functional groups attached to an aromatic ring is 1. The molecule has 0 fully saturated rings. The monoisotopic (exact) mass is 271 g/mol. The number of aromatic nitrogens is 6. The van der Waals surface area contributed by atoms with Crippen molar-refractivity contribution >= 4 is 33.1 Å². The first kappa shape index (κ1) is 10.4. The highest BCUT2D eigenvalue weighted by Gasteiger charge is 2.16. The van der Waals surface area contributed by atoms with Gasteiger partial charge in [-0.3, -0.25) is 4.40 Å². The van der Waals surface area contributed by atoms with Gasteiger partial charge in [-0.05, 0) is 13.0 Å². The van der Waals surface area contributed by atoms with Crippen molar-refractivity contribution in [3.8, 4) is 11.4 Å². The summed E-state index contributed by atoms with van der Waals surface area (Å²) in [6.45, 7) is 2.01. The summed E-state index contributed by atoms with van der Waals surface area (Å²) in [4.78, 5) is 12.5. The molecule has 0 saturated carbocycles. The molecule has 4 heterocycles. The van der Waals surface area contributed by atoms with Crippen LogP contribution in [0.3, 0.4) is 0 Å². The molecule has 19 heavy (non-hydrogen) atoms. The summed E-state index contributed by atoms with van der Waals surface area (Å²) >= 11 is 1.54. The van der Waals surface area contributed by atoms with Gasteiger partial charge in [-0.25, -0.2) is 9.97 Å². The maximum Gasteiger partial charge on any atom is 0.190 e. The highest BCUT2D eigenvalue weighted by molar-refractivity contribution is 7.16. The van der Waals surface area contributed by atoms with Gasteiger partial charge >= 0.3 is 0 Å². The molecule has 0 unspecified atom stereocenters. The third kappa shape index (κ3) is 1.37. The van der Waals surface area contributed by atoms with Gasteiger partial charge in [0, 0.05) is 4.88 Å². The minimum Gasteiger partial charge on any atom is -0.390 e. The number of aryl methyl sites for hydroxylation is 1. The van der Waals surface area contributed by atoms with Crippen LogP contribution in [0.5, 0.6) is 0 Å². The molecule has 4 aromatic rings. The van der Waals surface area contributed by atoms with Crippen molar-refractivity contribution in [2.24, 2.45) is 0 Å². The Morgan fingerprint density at radius 1 is 1.32 bits per heavy atom. The number of H-pyrrole nitrogens is 1. The zero-order valence-corrected chi connectivity index (χ0v) is 10.8. The number of nitrogens with zero attached hydrogens (tertiary/aromatic N) is 5. The molecule has 0 amide bonds. The molecule has 0 spiro atoms. The van der Waals surface area contributed by atoms with Crippen LogP contribution in [0.25, 0.3) is 28.2 Å². The molecule has 0 bridgehead atoms. The van der Waals surface area contributed by atoms with E-state index in [-0.39, 0.29) is 0 Å². The lowest BCUT2D eigenvalue weighted by atomic mass is 10.3. The van der Waals surface area contributed by atoms with Crippen LogP contribution in [-0.4, -0.2) is 29.5 Å². The van der Waals surface area contributed by atoms with Crippen LogP contribution < -0.4 is 5.73 Å². The summed E-state index contributed by atoms with van der Waals surface area (Å²) in [6.07, 6.45) is 3.26. The number of nitrogens with two attached hydrogens (primary N) is 1. The molecule has 4 aromatic heterocycles. The molecule has 4 rings (SSSR count). The van der Waals surface area contributed by atoms with Gasteiger partial charge in [0.1, 0.15) is 11.8 Å². The minimum atomic E-state index is 0.626. The number of hydrogen-bond donors (Lipinski definition) is 2. The fourth-order valence-corrected chi connectivity index (χ4v) is 2.91. The average molecular weight is 271 g/mol. The van der Waals surface area contributed by atoms with E-state index in [1.807, 2.05) is 17.4 Å². The molecule has 0 radical (unpaired) electrons. The molecule has 0 aromatic carbocycles. The van der Waals surface area contributed by atoms with Gasteiger partial charge in [0.05, 0.1) is 16.9 Å². The molecule has 0 aliphatic heterocycles.